The Bertz CT molecular complexity index is 964. The third kappa shape index (κ3) is 1.79. The van der Waals surface area contributed by atoms with Gasteiger partial charge in [0.1, 0.15) is 5.75 Å². The quantitative estimate of drug-likeness (QED) is 0.647. The van der Waals surface area contributed by atoms with E-state index >= 15 is 0 Å². The molecule has 0 aromatic heterocycles. The van der Waals surface area contributed by atoms with E-state index in [0.717, 1.165) is 16.3 Å². The Balaban J connectivity index is 2.04. The van der Waals surface area contributed by atoms with Gasteiger partial charge >= 0.3 is 0 Å². The van der Waals surface area contributed by atoms with E-state index in [2.05, 4.69) is 5.32 Å². The smallest absolute Gasteiger partial charge is 0.266 e. The molecule has 4 heteroatoms. The molecule has 0 fully saturated rings. The van der Waals surface area contributed by atoms with Crippen LogP contribution in [0.15, 0.2) is 54.6 Å². The first kappa shape index (κ1) is 13.8. The first-order valence-electron chi connectivity index (χ1n) is 7.38. The molecule has 3 aromatic rings. The summed E-state index contributed by atoms with van der Waals surface area (Å²) >= 11 is 0. The highest BCUT2D eigenvalue weighted by atomic mass is 16.3. The summed E-state index contributed by atoms with van der Waals surface area (Å²) in [6, 6.07) is 16.1. The highest BCUT2D eigenvalue weighted by Crippen LogP contribution is 2.46. The summed E-state index contributed by atoms with van der Waals surface area (Å²) in [4.78, 5) is 12.6. The average Bonchev–Trinajstić information content (AvgIpc) is 2.82. The van der Waals surface area contributed by atoms with Crippen molar-refractivity contribution in [1.29, 1.82) is 0 Å². The molecule has 1 unspecified atom stereocenters. The van der Waals surface area contributed by atoms with Gasteiger partial charge in [-0.2, -0.15) is 0 Å². The minimum Gasteiger partial charge on any atom is -0.508 e. The Hall–Kier alpha value is -2.85. The minimum absolute atomic E-state index is 0.103. The zero-order valence-electron chi connectivity index (χ0n) is 12.5. The Labute approximate surface area is 133 Å². The molecule has 1 aliphatic heterocycles. The van der Waals surface area contributed by atoms with E-state index < -0.39 is 11.5 Å². The van der Waals surface area contributed by atoms with Gasteiger partial charge in [0.25, 0.3) is 5.91 Å². The number of fused-ring (bicyclic) bond motifs is 3. The minimum atomic E-state index is -1.89. The second-order valence-corrected chi connectivity index (χ2v) is 5.89. The molecule has 4 rings (SSSR count). The number of amides is 1. The summed E-state index contributed by atoms with van der Waals surface area (Å²) in [6.45, 7) is 1.85. The van der Waals surface area contributed by atoms with Crippen molar-refractivity contribution in [2.45, 2.75) is 12.5 Å². The second-order valence-electron chi connectivity index (χ2n) is 5.89. The molecule has 0 spiro atoms. The Morgan fingerprint density at radius 2 is 1.78 bits per heavy atom. The van der Waals surface area contributed by atoms with Crippen molar-refractivity contribution in [2.75, 3.05) is 5.32 Å². The molecule has 0 radical (unpaired) electrons. The highest BCUT2D eigenvalue weighted by molar-refractivity contribution is 6.14. The van der Waals surface area contributed by atoms with Crippen LogP contribution in [0.25, 0.3) is 10.8 Å². The van der Waals surface area contributed by atoms with Gasteiger partial charge in [-0.05, 0) is 24.4 Å². The SMILES string of the molecule is Cc1ccc(O)c(C2(O)C(=O)Nc3c2ccc2ccccc32)c1. The fourth-order valence-electron chi connectivity index (χ4n) is 3.24. The van der Waals surface area contributed by atoms with Crippen molar-refractivity contribution in [2.24, 2.45) is 0 Å². The van der Waals surface area contributed by atoms with Crippen molar-refractivity contribution in [3.05, 3.63) is 71.3 Å². The molecule has 0 bridgehead atoms. The van der Waals surface area contributed by atoms with Crippen molar-refractivity contribution >= 4 is 22.4 Å². The molecule has 3 N–H and O–H groups in total. The van der Waals surface area contributed by atoms with E-state index in [4.69, 9.17) is 0 Å². The van der Waals surface area contributed by atoms with Gasteiger partial charge in [0.05, 0.1) is 5.69 Å². The molecule has 1 aliphatic rings. The summed E-state index contributed by atoms with van der Waals surface area (Å²) < 4.78 is 0. The number of aryl methyl sites for hydroxylation is 1. The second kappa shape index (κ2) is 4.57. The van der Waals surface area contributed by atoms with Crippen molar-refractivity contribution in [3.8, 4) is 5.75 Å². The number of anilines is 1. The van der Waals surface area contributed by atoms with E-state index in [1.54, 1.807) is 18.2 Å². The molecule has 0 saturated carbocycles. The van der Waals surface area contributed by atoms with Gasteiger partial charge < -0.3 is 15.5 Å². The third-order valence-electron chi connectivity index (χ3n) is 4.43. The first-order chi connectivity index (χ1) is 11.0. The van der Waals surface area contributed by atoms with Crippen LogP contribution >= 0.6 is 0 Å². The van der Waals surface area contributed by atoms with E-state index in [1.165, 1.54) is 6.07 Å². The zero-order valence-corrected chi connectivity index (χ0v) is 12.5. The Morgan fingerprint density at radius 3 is 2.61 bits per heavy atom. The maximum Gasteiger partial charge on any atom is 0.266 e. The average molecular weight is 305 g/mol. The maximum atomic E-state index is 12.6. The number of hydrogen-bond acceptors (Lipinski definition) is 3. The number of hydrogen-bond donors (Lipinski definition) is 3. The lowest BCUT2D eigenvalue weighted by Gasteiger charge is -2.23. The van der Waals surface area contributed by atoms with E-state index in [0.29, 0.717) is 11.3 Å². The van der Waals surface area contributed by atoms with Crippen LogP contribution in [0.4, 0.5) is 5.69 Å². The lowest BCUT2D eigenvalue weighted by atomic mass is 9.85. The molecule has 3 aromatic carbocycles. The van der Waals surface area contributed by atoms with Gasteiger partial charge in [-0.25, -0.2) is 0 Å². The number of carbonyl (C=O) groups excluding carboxylic acids is 1. The molecule has 1 atom stereocenters. The predicted octanol–water partition coefficient (Wildman–Crippen LogP) is 3.04. The molecular weight excluding hydrogens is 290 g/mol. The molecule has 23 heavy (non-hydrogen) atoms. The van der Waals surface area contributed by atoms with Crippen LogP contribution < -0.4 is 5.32 Å². The maximum absolute atomic E-state index is 12.6. The zero-order chi connectivity index (χ0) is 16.2. The highest BCUT2D eigenvalue weighted by Gasteiger charge is 2.48. The molecule has 0 aliphatic carbocycles. The van der Waals surface area contributed by atoms with Gasteiger partial charge in [0.2, 0.25) is 0 Å². The van der Waals surface area contributed by atoms with Crippen molar-refractivity contribution in [3.63, 3.8) is 0 Å². The van der Waals surface area contributed by atoms with E-state index in [9.17, 15) is 15.0 Å². The van der Waals surface area contributed by atoms with E-state index in [1.807, 2.05) is 37.3 Å². The number of benzene rings is 3. The lowest BCUT2D eigenvalue weighted by Crippen LogP contribution is -2.35. The molecular formula is C19H15NO3. The van der Waals surface area contributed by atoms with Crippen LogP contribution in [0.3, 0.4) is 0 Å². The summed E-state index contributed by atoms with van der Waals surface area (Å²) in [7, 11) is 0. The van der Waals surface area contributed by atoms with Crippen LogP contribution in [-0.4, -0.2) is 16.1 Å². The summed E-state index contributed by atoms with van der Waals surface area (Å²) in [5.41, 5.74) is 0.214. The van der Waals surface area contributed by atoms with Crippen LogP contribution in [-0.2, 0) is 10.4 Å². The molecule has 1 amide bonds. The number of aliphatic hydroxyl groups is 1. The number of carbonyl (C=O) groups is 1. The fraction of sp³-hybridized carbons (Fsp3) is 0.105. The summed E-state index contributed by atoms with van der Waals surface area (Å²) in [5.74, 6) is -0.654. The fourth-order valence-corrected chi connectivity index (χ4v) is 3.24. The number of rotatable bonds is 1. The molecule has 4 nitrogen and oxygen atoms in total. The molecule has 114 valence electrons. The molecule has 0 saturated heterocycles. The summed E-state index contributed by atoms with van der Waals surface area (Å²) in [5, 5.41) is 26.0. The van der Waals surface area contributed by atoms with Crippen molar-refractivity contribution in [1.82, 2.24) is 0 Å². The number of phenols is 1. The van der Waals surface area contributed by atoms with Gasteiger partial charge in [-0.3, -0.25) is 4.79 Å². The van der Waals surface area contributed by atoms with Crippen molar-refractivity contribution < 1.29 is 15.0 Å². The largest absolute Gasteiger partial charge is 0.508 e. The lowest BCUT2D eigenvalue weighted by molar-refractivity contribution is -0.129. The first-order valence-corrected chi connectivity index (χ1v) is 7.38. The normalized spacial score (nSPS) is 19.7. The number of nitrogens with one attached hydrogen (secondary N) is 1. The Morgan fingerprint density at radius 1 is 1.00 bits per heavy atom. The van der Waals surface area contributed by atoms with Crippen LogP contribution in [0.2, 0.25) is 0 Å². The number of phenolic OH excluding ortho intramolecular Hbond substituents is 1. The van der Waals surface area contributed by atoms with E-state index in [-0.39, 0.29) is 11.3 Å². The van der Waals surface area contributed by atoms with Crippen LogP contribution in [0, 0.1) is 6.92 Å². The topological polar surface area (TPSA) is 69.6 Å². The Kier molecular flexibility index (Phi) is 2.74. The van der Waals surface area contributed by atoms with Gasteiger partial charge in [-0.1, -0.05) is 48.0 Å². The third-order valence-corrected chi connectivity index (χ3v) is 4.43. The summed E-state index contributed by atoms with van der Waals surface area (Å²) in [6.07, 6.45) is 0. The predicted molar refractivity (Wildman–Crippen MR) is 88.4 cm³/mol. The van der Waals surface area contributed by atoms with Gasteiger partial charge in [-0.15, -0.1) is 0 Å². The molecule has 1 heterocycles. The van der Waals surface area contributed by atoms with Crippen LogP contribution in [0.5, 0.6) is 5.75 Å². The van der Waals surface area contributed by atoms with Gasteiger partial charge in [0, 0.05) is 16.5 Å². The van der Waals surface area contributed by atoms with Crippen LogP contribution in [0.1, 0.15) is 16.7 Å². The monoisotopic (exact) mass is 305 g/mol. The van der Waals surface area contributed by atoms with Gasteiger partial charge in [0.15, 0.2) is 5.60 Å². The number of aromatic hydroxyl groups is 1. The standard InChI is InChI=1S/C19H15NO3/c1-11-6-9-16(21)15(10-11)19(23)14-8-7-12-4-2-3-5-13(12)17(14)20-18(19)22/h2-10,21,23H,1H3,(H,20,22).